The van der Waals surface area contributed by atoms with Gasteiger partial charge in [0.05, 0.1) is 10.6 Å². The molecule has 1 saturated heterocycles. The van der Waals surface area contributed by atoms with Crippen LogP contribution in [0.15, 0.2) is 42.6 Å². The van der Waals surface area contributed by atoms with Crippen LogP contribution in [0.3, 0.4) is 0 Å². The average molecular weight is 535 g/mol. The Bertz CT molecular complexity index is 1190. The Labute approximate surface area is 219 Å². The van der Waals surface area contributed by atoms with Crippen molar-refractivity contribution in [1.82, 2.24) is 19.9 Å². The Morgan fingerprint density at radius 1 is 1.05 bits per heavy atom. The van der Waals surface area contributed by atoms with Gasteiger partial charge >= 0.3 is 6.18 Å². The summed E-state index contributed by atoms with van der Waals surface area (Å²) < 4.78 is 38.8. The van der Waals surface area contributed by atoms with E-state index in [2.05, 4.69) is 61.1 Å². The third-order valence-electron chi connectivity index (χ3n) is 6.02. The van der Waals surface area contributed by atoms with Gasteiger partial charge in [0.1, 0.15) is 5.82 Å². The van der Waals surface area contributed by atoms with Crippen molar-refractivity contribution in [2.45, 2.75) is 39.4 Å². The molecule has 0 aliphatic carbocycles. The molecule has 1 aliphatic heterocycles. The lowest BCUT2D eigenvalue weighted by Crippen LogP contribution is -2.53. The topological polar surface area (TPSA) is 82.1 Å². The first kappa shape index (κ1) is 26.7. The van der Waals surface area contributed by atoms with Crippen LogP contribution in [0.1, 0.15) is 32.8 Å². The molecule has 198 valence electrons. The lowest BCUT2D eigenvalue weighted by atomic mass is 10.1. The first-order valence-electron chi connectivity index (χ1n) is 12.2. The molecular formula is C25H30ClF3N8. The van der Waals surface area contributed by atoms with E-state index in [9.17, 15) is 13.2 Å². The number of nitrogens with one attached hydrogen (secondary N) is 2. The van der Waals surface area contributed by atoms with Crippen molar-refractivity contribution < 1.29 is 13.2 Å². The number of rotatable bonds is 8. The maximum atomic E-state index is 12.9. The number of hydrogen-bond acceptors (Lipinski definition) is 8. The smallest absolute Gasteiger partial charge is 0.354 e. The molecule has 0 saturated carbocycles. The molecule has 4 rings (SSSR count). The summed E-state index contributed by atoms with van der Waals surface area (Å²) in [6.07, 6.45) is -1.74. The zero-order chi connectivity index (χ0) is 26.6. The SMILES string of the molecule is CC(C)CCNc1nc(Nc2ccc(C(F)(F)F)cc2)nc(N2CCN(c3ncccc3Cl)CC2C)n1. The molecule has 3 heterocycles. The van der Waals surface area contributed by atoms with Gasteiger partial charge in [0.2, 0.25) is 17.8 Å². The van der Waals surface area contributed by atoms with E-state index in [1.807, 2.05) is 6.07 Å². The highest BCUT2D eigenvalue weighted by molar-refractivity contribution is 6.32. The summed E-state index contributed by atoms with van der Waals surface area (Å²) >= 11 is 6.35. The van der Waals surface area contributed by atoms with E-state index in [0.717, 1.165) is 24.4 Å². The lowest BCUT2D eigenvalue weighted by molar-refractivity contribution is -0.137. The number of anilines is 5. The quantitative estimate of drug-likeness (QED) is 0.372. The van der Waals surface area contributed by atoms with Crippen LogP contribution in [0.4, 0.5) is 42.5 Å². The fourth-order valence-electron chi connectivity index (χ4n) is 4.03. The highest BCUT2D eigenvalue weighted by Crippen LogP contribution is 2.31. The second kappa shape index (κ2) is 11.4. The Morgan fingerprint density at radius 3 is 2.43 bits per heavy atom. The third-order valence-corrected chi connectivity index (χ3v) is 6.31. The van der Waals surface area contributed by atoms with Crippen LogP contribution in [0.5, 0.6) is 0 Å². The summed E-state index contributed by atoms with van der Waals surface area (Å²) in [4.78, 5) is 22.4. The summed E-state index contributed by atoms with van der Waals surface area (Å²) in [5.41, 5.74) is -0.272. The van der Waals surface area contributed by atoms with E-state index in [4.69, 9.17) is 11.6 Å². The van der Waals surface area contributed by atoms with Crippen LogP contribution in [-0.2, 0) is 6.18 Å². The summed E-state index contributed by atoms with van der Waals surface area (Å²) in [6, 6.07) is 8.42. The minimum Gasteiger partial charge on any atom is -0.354 e. The van der Waals surface area contributed by atoms with Crippen LogP contribution >= 0.6 is 11.6 Å². The molecule has 12 heteroatoms. The highest BCUT2D eigenvalue weighted by atomic mass is 35.5. The third kappa shape index (κ3) is 6.91. The fraction of sp³-hybridized carbons (Fsp3) is 0.440. The van der Waals surface area contributed by atoms with Crippen molar-refractivity contribution in [3.8, 4) is 0 Å². The van der Waals surface area contributed by atoms with Gasteiger partial charge in [-0.15, -0.1) is 0 Å². The molecule has 0 bridgehead atoms. The number of piperazine rings is 1. The molecule has 8 nitrogen and oxygen atoms in total. The van der Waals surface area contributed by atoms with Crippen molar-refractivity contribution in [1.29, 1.82) is 0 Å². The molecule has 37 heavy (non-hydrogen) atoms. The lowest BCUT2D eigenvalue weighted by Gasteiger charge is -2.40. The van der Waals surface area contributed by atoms with E-state index in [0.29, 0.717) is 54.7 Å². The van der Waals surface area contributed by atoms with Gasteiger partial charge < -0.3 is 20.4 Å². The number of benzene rings is 1. The van der Waals surface area contributed by atoms with Crippen LogP contribution in [0.25, 0.3) is 0 Å². The number of nitrogens with zero attached hydrogens (tertiary/aromatic N) is 6. The van der Waals surface area contributed by atoms with Crippen molar-refractivity contribution in [3.05, 3.63) is 53.2 Å². The molecule has 1 atom stereocenters. The zero-order valence-electron chi connectivity index (χ0n) is 20.9. The van der Waals surface area contributed by atoms with E-state index < -0.39 is 11.7 Å². The summed E-state index contributed by atoms with van der Waals surface area (Å²) in [7, 11) is 0. The maximum Gasteiger partial charge on any atom is 0.416 e. The monoisotopic (exact) mass is 534 g/mol. The van der Waals surface area contributed by atoms with Crippen molar-refractivity contribution in [3.63, 3.8) is 0 Å². The average Bonchev–Trinajstić information content (AvgIpc) is 2.84. The summed E-state index contributed by atoms with van der Waals surface area (Å²) in [6.45, 7) is 8.98. The van der Waals surface area contributed by atoms with Crippen LogP contribution in [-0.4, -0.2) is 52.2 Å². The van der Waals surface area contributed by atoms with Gasteiger partial charge in [0, 0.05) is 44.1 Å². The normalized spacial score (nSPS) is 16.3. The van der Waals surface area contributed by atoms with E-state index in [-0.39, 0.29) is 12.0 Å². The highest BCUT2D eigenvalue weighted by Gasteiger charge is 2.30. The first-order valence-corrected chi connectivity index (χ1v) is 12.5. The summed E-state index contributed by atoms with van der Waals surface area (Å²) in [5.74, 6) is 2.38. The molecule has 0 amide bonds. The van der Waals surface area contributed by atoms with E-state index in [1.165, 1.54) is 12.1 Å². The van der Waals surface area contributed by atoms with Crippen LogP contribution < -0.4 is 20.4 Å². The zero-order valence-corrected chi connectivity index (χ0v) is 21.7. The van der Waals surface area contributed by atoms with Gasteiger partial charge in [-0.25, -0.2) is 4.98 Å². The van der Waals surface area contributed by atoms with E-state index in [1.54, 1.807) is 12.3 Å². The molecule has 2 N–H and O–H groups in total. The Hall–Kier alpha value is -3.34. The maximum absolute atomic E-state index is 12.9. The number of aromatic nitrogens is 4. The Balaban J connectivity index is 1.55. The number of hydrogen-bond donors (Lipinski definition) is 2. The van der Waals surface area contributed by atoms with Crippen molar-refractivity contribution >= 4 is 41.0 Å². The molecule has 1 unspecified atom stereocenters. The summed E-state index contributed by atoms with van der Waals surface area (Å²) in [5, 5.41) is 6.88. The molecule has 1 fully saturated rings. The minimum absolute atomic E-state index is 0.0386. The molecule has 1 aromatic carbocycles. The molecular weight excluding hydrogens is 505 g/mol. The van der Waals surface area contributed by atoms with Crippen molar-refractivity contribution in [2.24, 2.45) is 5.92 Å². The molecule has 0 spiro atoms. The number of pyridine rings is 1. The molecule has 2 aromatic heterocycles. The van der Waals surface area contributed by atoms with E-state index >= 15 is 0 Å². The molecule has 1 aliphatic rings. The minimum atomic E-state index is -4.40. The predicted octanol–water partition coefficient (Wildman–Crippen LogP) is 5.86. The van der Waals surface area contributed by atoms with Crippen molar-refractivity contribution in [2.75, 3.05) is 46.6 Å². The Morgan fingerprint density at radius 2 is 1.78 bits per heavy atom. The fourth-order valence-corrected chi connectivity index (χ4v) is 4.27. The predicted molar refractivity (Wildman–Crippen MR) is 141 cm³/mol. The second-order valence-corrected chi connectivity index (χ2v) is 9.80. The molecule has 0 radical (unpaired) electrons. The number of halogens is 4. The van der Waals surface area contributed by atoms with Gasteiger partial charge in [-0.05, 0) is 55.7 Å². The molecule has 3 aromatic rings. The van der Waals surface area contributed by atoms with Crippen LogP contribution in [0.2, 0.25) is 5.02 Å². The van der Waals surface area contributed by atoms with Gasteiger partial charge in [-0.2, -0.15) is 28.1 Å². The van der Waals surface area contributed by atoms with Crippen LogP contribution in [0, 0.1) is 5.92 Å². The first-order chi connectivity index (χ1) is 17.6. The van der Waals surface area contributed by atoms with Gasteiger partial charge in [0.15, 0.2) is 0 Å². The Kier molecular flexibility index (Phi) is 8.21. The van der Waals surface area contributed by atoms with Gasteiger partial charge in [0.25, 0.3) is 0 Å². The second-order valence-electron chi connectivity index (χ2n) is 9.39. The largest absolute Gasteiger partial charge is 0.416 e. The number of alkyl halides is 3. The van der Waals surface area contributed by atoms with Gasteiger partial charge in [-0.1, -0.05) is 25.4 Å². The van der Waals surface area contributed by atoms with Gasteiger partial charge in [-0.3, -0.25) is 0 Å². The standard InChI is InChI=1S/C25H30ClF3N8/c1-16(2)10-12-31-22-33-23(32-19-8-6-18(7-9-19)25(27,28)29)35-24(34-22)37-14-13-36(15-17(37)3)21-20(26)5-4-11-30-21/h4-9,11,16-17H,10,12-15H2,1-3H3,(H2,31,32,33,34,35).